The average molecular weight is 203 g/mol. The first-order valence-corrected chi connectivity index (χ1v) is 4.88. The topological polar surface area (TPSA) is 40.5 Å². The molecule has 1 unspecified atom stereocenters. The minimum atomic E-state index is -0.826. The van der Waals surface area contributed by atoms with Crippen molar-refractivity contribution in [2.75, 3.05) is 13.6 Å². The van der Waals surface area contributed by atoms with Crippen molar-refractivity contribution in [3.05, 3.63) is 47.5 Å². The number of carbonyl (C=O) groups is 1. The molecule has 0 saturated carbocycles. The molecule has 0 amide bonds. The van der Waals surface area contributed by atoms with Gasteiger partial charge in [0.05, 0.1) is 11.6 Å². The molecule has 0 fully saturated rings. The lowest BCUT2D eigenvalue weighted by molar-refractivity contribution is -0.133. The molecule has 1 aromatic carbocycles. The zero-order valence-corrected chi connectivity index (χ0v) is 8.55. The quantitative estimate of drug-likeness (QED) is 0.795. The van der Waals surface area contributed by atoms with Gasteiger partial charge in [0.2, 0.25) is 0 Å². The van der Waals surface area contributed by atoms with Gasteiger partial charge in [-0.25, -0.2) is 4.79 Å². The minimum Gasteiger partial charge on any atom is -0.478 e. The third-order valence-corrected chi connectivity index (χ3v) is 2.70. The monoisotopic (exact) mass is 203 g/mol. The highest BCUT2D eigenvalue weighted by Gasteiger charge is 2.29. The van der Waals surface area contributed by atoms with Crippen LogP contribution in [0, 0.1) is 0 Å². The van der Waals surface area contributed by atoms with Crippen molar-refractivity contribution in [2.24, 2.45) is 0 Å². The number of carboxylic acid groups (broad SMARTS) is 1. The molecular weight excluding hydrogens is 190 g/mol. The van der Waals surface area contributed by atoms with Gasteiger partial charge in [-0.05, 0) is 12.6 Å². The van der Waals surface area contributed by atoms with E-state index in [2.05, 4.69) is 0 Å². The van der Waals surface area contributed by atoms with Crippen LogP contribution in [0.5, 0.6) is 0 Å². The molecule has 78 valence electrons. The second-order valence-corrected chi connectivity index (χ2v) is 3.72. The van der Waals surface area contributed by atoms with Crippen molar-refractivity contribution in [2.45, 2.75) is 6.04 Å². The number of aliphatic carboxylic acids is 1. The molecule has 0 aliphatic carbocycles. The molecule has 1 N–H and O–H groups in total. The molecule has 1 aliphatic heterocycles. The lowest BCUT2D eigenvalue weighted by Gasteiger charge is -2.21. The summed E-state index contributed by atoms with van der Waals surface area (Å²) in [7, 11) is 1.93. The van der Waals surface area contributed by atoms with Crippen molar-refractivity contribution in [1.29, 1.82) is 0 Å². The predicted octanol–water partition coefficient (Wildman–Crippen LogP) is 1.68. The summed E-state index contributed by atoms with van der Waals surface area (Å²) in [5.74, 6) is -0.826. The van der Waals surface area contributed by atoms with E-state index in [1.165, 1.54) is 0 Å². The van der Waals surface area contributed by atoms with Crippen molar-refractivity contribution in [1.82, 2.24) is 4.90 Å². The highest BCUT2D eigenvalue weighted by molar-refractivity contribution is 5.89. The van der Waals surface area contributed by atoms with E-state index >= 15 is 0 Å². The summed E-state index contributed by atoms with van der Waals surface area (Å²) >= 11 is 0. The first-order valence-electron chi connectivity index (χ1n) is 4.88. The summed E-state index contributed by atoms with van der Waals surface area (Å²) in [6.45, 7) is 0.696. The van der Waals surface area contributed by atoms with E-state index in [4.69, 9.17) is 5.11 Å². The smallest absolute Gasteiger partial charge is 0.333 e. The Labute approximate surface area is 88.6 Å². The van der Waals surface area contributed by atoms with E-state index in [9.17, 15) is 4.79 Å². The maximum Gasteiger partial charge on any atom is 0.333 e. The van der Waals surface area contributed by atoms with Crippen molar-refractivity contribution in [3.63, 3.8) is 0 Å². The van der Waals surface area contributed by atoms with Gasteiger partial charge in [0.1, 0.15) is 0 Å². The standard InChI is InChI=1S/C12H13NO2/c1-13-8-7-10(12(14)15)11(13)9-5-3-2-4-6-9/h2-7,11H,8H2,1H3,(H,14,15). The number of hydrogen-bond acceptors (Lipinski definition) is 2. The molecule has 2 rings (SSSR count). The summed E-state index contributed by atoms with van der Waals surface area (Å²) in [5, 5.41) is 9.07. The van der Waals surface area contributed by atoms with Crippen LogP contribution in [0.4, 0.5) is 0 Å². The van der Waals surface area contributed by atoms with E-state index < -0.39 is 5.97 Å². The van der Waals surface area contributed by atoms with Crippen molar-refractivity contribution >= 4 is 5.97 Å². The fraction of sp³-hybridized carbons (Fsp3) is 0.250. The van der Waals surface area contributed by atoms with Crippen molar-refractivity contribution in [3.8, 4) is 0 Å². The van der Waals surface area contributed by atoms with Crippen LogP contribution in [0.25, 0.3) is 0 Å². The third-order valence-electron chi connectivity index (χ3n) is 2.70. The molecule has 0 radical (unpaired) electrons. The maximum absolute atomic E-state index is 11.0. The van der Waals surface area contributed by atoms with Gasteiger partial charge in [-0.3, -0.25) is 4.90 Å². The Morgan fingerprint density at radius 2 is 2.07 bits per heavy atom. The molecule has 1 heterocycles. The largest absolute Gasteiger partial charge is 0.478 e. The van der Waals surface area contributed by atoms with Gasteiger partial charge < -0.3 is 5.11 Å². The second kappa shape index (κ2) is 3.87. The van der Waals surface area contributed by atoms with Crippen LogP contribution in [-0.2, 0) is 4.79 Å². The summed E-state index contributed by atoms with van der Waals surface area (Å²) < 4.78 is 0. The Morgan fingerprint density at radius 1 is 1.40 bits per heavy atom. The first-order chi connectivity index (χ1) is 7.20. The molecule has 15 heavy (non-hydrogen) atoms. The summed E-state index contributed by atoms with van der Waals surface area (Å²) in [6, 6.07) is 9.61. The van der Waals surface area contributed by atoms with Crippen LogP contribution in [0.15, 0.2) is 42.0 Å². The fourth-order valence-corrected chi connectivity index (χ4v) is 1.97. The van der Waals surface area contributed by atoms with Crippen LogP contribution in [0.1, 0.15) is 11.6 Å². The Hall–Kier alpha value is -1.61. The molecule has 1 atom stereocenters. The number of nitrogens with zero attached hydrogens (tertiary/aromatic N) is 1. The van der Waals surface area contributed by atoms with Crippen LogP contribution in [0.2, 0.25) is 0 Å². The van der Waals surface area contributed by atoms with E-state index in [1.54, 1.807) is 6.08 Å². The van der Waals surface area contributed by atoms with Crippen molar-refractivity contribution < 1.29 is 9.90 Å². The zero-order chi connectivity index (χ0) is 10.8. The molecule has 0 aromatic heterocycles. The summed E-state index contributed by atoms with van der Waals surface area (Å²) in [6.07, 6.45) is 1.78. The Bertz CT molecular complexity index is 397. The molecule has 0 bridgehead atoms. The van der Waals surface area contributed by atoms with E-state index in [0.717, 1.165) is 5.56 Å². The average Bonchev–Trinajstić information content (AvgIpc) is 2.61. The number of likely N-dealkylation sites (N-methyl/N-ethyl adjacent to an activating group) is 1. The molecule has 0 saturated heterocycles. The number of rotatable bonds is 2. The van der Waals surface area contributed by atoms with Gasteiger partial charge in [0.25, 0.3) is 0 Å². The normalized spacial score (nSPS) is 21.4. The van der Waals surface area contributed by atoms with Gasteiger partial charge in [-0.1, -0.05) is 36.4 Å². The predicted molar refractivity (Wildman–Crippen MR) is 57.5 cm³/mol. The molecule has 1 aromatic rings. The first kappa shape index (κ1) is 9.93. The van der Waals surface area contributed by atoms with Crippen LogP contribution < -0.4 is 0 Å². The third kappa shape index (κ3) is 1.78. The van der Waals surface area contributed by atoms with E-state index in [0.29, 0.717) is 12.1 Å². The molecular formula is C12H13NO2. The Morgan fingerprint density at radius 3 is 2.67 bits per heavy atom. The highest BCUT2D eigenvalue weighted by Crippen LogP contribution is 2.31. The second-order valence-electron chi connectivity index (χ2n) is 3.72. The van der Waals surface area contributed by atoms with Gasteiger partial charge >= 0.3 is 5.97 Å². The van der Waals surface area contributed by atoms with Gasteiger partial charge in [0.15, 0.2) is 0 Å². The maximum atomic E-state index is 11.0. The van der Waals surface area contributed by atoms with E-state index in [1.807, 2.05) is 42.3 Å². The number of hydrogen-bond donors (Lipinski definition) is 1. The summed E-state index contributed by atoms with van der Waals surface area (Å²) in [5.41, 5.74) is 1.51. The molecule has 0 spiro atoms. The fourth-order valence-electron chi connectivity index (χ4n) is 1.97. The van der Waals surface area contributed by atoms with Gasteiger partial charge in [-0.15, -0.1) is 0 Å². The number of carboxylic acids is 1. The van der Waals surface area contributed by atoms with Gasteiger partial charge in [0, 0.05) is 6.54 Å². The number of benzene rings is 1. The summed E-state index contributed by atoms with van der Waals surface area (Å²) in [4.78, 5) is 13.1. The highest BCUT2D eigenvalue weighted by atomic mass is 16.4. The van der Waals surface area contributed by atoms with Crippen LogP contribution >= 0.6 is 0 Å². The molecule has 1 aliphatic rings. The minimum absolute atomic E-state index is 0.108. The molecule has 3 nitrogen and oxygen atoms in total. The SMILES string of the molecule is CN1CC=C(C(=O)O)C1c1ccccc1. The Kier molecular flexibility index (Phi) is 2.56. The van der Waals surface area contributed by atoms with Gasteiger partial charge in [-0.2, -0.15) is 0 Å². The zero-order valence-electron chi connectivity index (χ0n) is 8.55. The lowest BCUT2D eigenvalue weighted by atomic mass is 10.0. The lowest BCUT2D eigenvalue weighted by Crippen LogP contribution is -2.22. The Balaban J connectivity index is 2.35. The molecule has 3 heteroatoms. The van der Waals surface area contributed by atoms with Crippen LogP contribution in [-0.4, -0.2) is 29.6 Å². The van der Waals surface area contributed by atoms with Crippen LogP contribution in [0.3, 0.4) is 0 Å². The van der Waals surface area contributed by atoms with E-state index in [-0.39, 0.29) is 6.04 Å².